The van der Waals surface area contributed by atoms with Crippen LogP contribution in [0, 0.1) is 0 Å². The first-order chi connectivity index (χ1) is 12.2. The van der Waals surface area contributed by atoms with Gasteiger partial charge in [0.15, 0.2) is 10.7 Å². The second kappa shape index (κ2) is 6.75. The van der Waals surface area contributed by atoms with E-state index in [-0.39, 0.29) is 5.92 Å². The van der Waals surface area contributed by atoms with Crippen molar-refractivity contribution in [2.45, 2.75) is 17.6 Å². The lowest BCUT2D eigenvalue weighted by Gasteiger charge is -2.31. The van der Waals surface area contributed by atoms with Gasteiger partial charge in [-0.2, -0.15) is 0 Å². The molecule has 3 aromatic rings. The highest BCUT2D eigenvalue weighted by Gasteiger charge is 2.39. The van der Waals surface area contributed by atoms with Crippen LogP contribution in [-0.2, 0) is 11.3 Å². The summed E-state index contributed by atoms with van der Waals surface area (Å²) in [5.41, 5.74) is 1.83. The third kappa shape index (κ3) is 3.27. The van der Waals surface area contributed by atoms with Gasteiger partial charge in [0.25, 0.3) is 0 Å². The number of nitrogens with zero attached hydrogens (tertiary/aromatic N) is 3. The van der Waals surface area contributed by atoms with Crippen LogP contribution < -0.4 is 0 Å². The maximum absolute atomic E-state index is 6.87. The van der Waals surface area contributed by atoms with Crippen LogP contribution in [0.1, 0.15) is 17.3 Å². The van der Waals surface area contributed by atoms with E-state index in [1.807, 2.05) is 77.4 Å². The Kier molecular flexibility index (Phi) is 4.46. The van der Waals surface area contributed by atoms with Crippen molar-refractivity contribution < 1.29 is 4.74 Å². The first-order valence-corrected chi connectivity index (χ1v) is 9.06. The summed E-state index contributed by atoms with van der Waals surface area (Å²) in [6.07, 6.45) is 9.64. The molecule has 1 aliphatic rings. The number of benzene rings is 1. The third-order valence-corrected chi connectivity index (χ3v) is 5.08. The van der Waals surface area contributed by atoms with Crippen LogP contribution in [0.25, 0.3) is 5.65 Å². The molecule has 0 bridgehead atoms. The molecule has 2 unspecified atom stereocenters. The highest BCUT2D eigenvalue weighted by molar-refractivity contribution is 9.10. The molecule has 4 rings (SSSR count). The number of alkyl halides is 1. The monoisotopic (exact) mass is 415 g/mol. The van der Waals surface area contributed by atoms with E-state index in [1.54, 1.807) is 0 Å². The molecule has 0 spiro atoms. The predicted molar refractivity (Wildman–Crippen MR) is 102 cm³/mol. The Morgan fingerprint density at radius 3 is 2.80 bits per heavy atom. The van der Waals surface area contributed by atoms with Gasteiger partial charge >= 0.3 is 0 Å². The average Bonchev–Trinajstić information content (AvgIpc) is 3.04. The van der Waals surface area contributed by atoms with E-state index >= 15 is 0 Å². The first-order valence-electron chi connectivity index (χ1n) is 7.89. The summed E-state index contributed by atoms with van der Waals surface area (Å²) in [5.74, 6) is 0.479. The molecule has 25 heavy (non-hydrogen) atoms. The van der Waals surface area contributed by atoms with Crippen molar-refractivity contribution in [3.05, 3.63) is 88.8 Å². The second-order valence-corrected chi connectivity index (χ2v) is 7.33. The van der Waals surface area contributed by atoms with Crippen molar-refractivity contribution in [1.82, 2.24) is 14.6 Å². The van der Waals surface area contributed by atoms with E-state index in [2.05, 4.69) is 26.1 Å². The number of aromatic nitrogens is 3. The topological polar surface area (TPSA) is 39.4 Å². The molecular weight excluding hydrogens is 402 g/mol. The van der Waals surface area contributed by atoms with Gasteiger partial charge in [0.05, 0.1) is 12.5 Å². The van der Waals surface area contributed by atoms with Gasteiger partial charge in [-0.3, -0.25) is 4.40 Å². The van der Waals surface area contributed by atoms with E-state index in [0.29, 0.717) is 6.61 Å². The summed E-state index contributed by atoms with van der Waals surface area (Å²) < 4.78 is 8.98. The first kappa shape index (κ1) is 16.5. The van der Waals surface area contributed by atoms with E-state index < -0.39 is 5.06 Å². The minimum Gasteiger partial charge on any atom is -0.350 e. The van der Waals surface area contributed by atoms with Crippen molar-refractivity contribution in [3.8, 4) is 0 Å². The fourth-order valence-corrected chi connectivity index (χ4v) is 3.49. The Hall–Kier alpha value is -1.95. The zero-order chi connectivity index (χ0) is 17.3. The van der Waals surface area contributed by atoms with Crippen molar-refractivity contribution in [2.75, 3.05) is 0 Å². The SMILES string of the molecule is ClC1(OCc2ccccc2)C=CC=CC1c1nnc2ccc(Br)cn12. The Bertz CT molecular complexity index is 954. The molecule has 2 heterocycles. The molecule has 1 aromatic carbocycles. The van der Waals surface area contributed by atoms with Gasteiger partial charge < -0.3 is 4.74 Å². The smallest absolute Gasteiger partial charge is 0.174 e. The molecule has 0 aliphatic heterocycles. The van der Waals surface area contributed by atoms with Gasteiger partial charge in [-0.1, -0.05) is 60.2 Å². The second-order valence-electron chi connectivity index (χ2n) is 5.83. The highest BCUT2D eigenvalue weighted by atomic mass is 79.9. The van der Waals surface area contributed by atoms with Crippen molar-refractivity contribution in [1.29, 1.82) is 0 Å². The normalized spacial score (nSPS) is 22.6. The summed E-state index contributed by atoms with van der Waals surface area (Å²) in [6.45, 7) is 0.416. The fraction of sp³-hybridized carbons (Fsp3) is 0.158. The molecule has 0 fully saturated rings. The minimum absolute atomic E-state index is 0.257. The van der Waals surface area contributed by atoms with E-state index in [1.165, 1.54) is 0 Å². The number of pyridine rings is 1. The predicted octanol–water partition coefficient (Wildman–Crippen LogP) is 4.85. The largest absolute Gasteiger partial charge is 0.350 e. The lowest BCUT2D eigenvalue weighted by Crippen LogP contribution is -2.33. The Morgan fingerprint density at radius 1 is 1.12 bits per heavy atom. The molecule has 126 valence electrons. The zero-order valence-electron chi connectivity index (χ0n) is 13.2. The lowest BCUT2D eigenvalue weighted by atomic mass is 9.95. The van der Waals surface area contributed by atoms with E-state index in [0.717, 1.165) is 21.5 Å². The maximum Gasteiger partial charge on any atom is 0.174 e. The Balaban J connectivity index is 1.67. The summed E-state index contributed by atoms with van der Waals surface area (Å²) >= 11 is 10.4. The van der Waals surface area contributed by atoms with Crippen LogP contribution in [0.2, 0.25) is 0 Å². The van der Waals surface area contributed by atoms with Gasteiger partial charge in [0, 0.05) is 10.7 Å². The molecule has 0 saturated carbocycles. The molecule has 6 heteroatoms. The quantitative estimate of drug-likeness (QED) is 0.571. The standard InChI is InChI=1S/C19H15BrClN3O/c20-15-9-10-17-22-23-18(24(17)12-15)16-8-4-5-11-19(16,21)25-13-14-6-2-1-3-7-14/h1-12,16H,13H2. The van der Waals surface area contributed by atoms with Gasteiger partial charge in [-0.15, -0.1) is 10.2 Å². The van der Waals surface area contributed by atoms with Crippen LogP contribution in [0.4, 0.5) is 0 Å². The fourth-order valence-electron chi connectivity index (χ4n) is 2.86. The molecule has 0 amide bonds. The Labute approximate surface area is 158 Å². The zero-order valence-corrected chi connectivity index (χ0v) is 15.6. The van der Waals surface area contributed by atoms with Crippen LogP contribution in [0.5, 0.6) is 0 Å². The van der Waals surface area contributed by atoms with Crippen LogP contribution in [0.3, 0.4) is 0 Å². The molecule has 0 radical (unpaired) electrons. The summed E-state index contributed by atoms with van der Waals surface area (Å²) in [5, 5.41) is 7.57. The average molecular weight is 417 g/mol. The van der Waals surface area contributed by atoms with Crippen LogP contribution in [0.15, 0.2) is 77.4 Å². The Morgan fingerprint density at radius 2 is 1.96 bits per heavy atom. The molecular formula is C19H15BrClN3O. The number of allylic oxidation sites excluding steroid dienone is 2. The number of rotatable bonds is 4. The van der Waals surface area contributed by atoms with Crippen LogP contribution >= 0.6 is 27.5 Å². The van der Waals surface area contributed by atoms with Crippen molar-refractivity contribution in [3.63, 3.8) is 0 Å². The highest BCUT2D eigenvalue weighted by Crippen LogP contribution is 2.40. The lowest BCUT2D eigenvalue weighted by molar-refractivity contribution is 0.0284. The summed E-state index contributed by atoms with van der Waals surface area (Å²) in [6, 6.07) is 13.8. The van der Waals surface area contributed by atoms with Crippen LogP contribution in [-0.4, -0.2) is 19.7 Å². The summed E-state index contributed by atoms with van der Waals surface area (Å²) in [7, 11) is 0. The number of hydrogen-bond acceptors (Lipinski definition) is 3. The van der Waals surface area contributed by atoms with E-state index in [4.69, 9.17) is 16.3 Å². The maximum atomic E-state index is 6.87. The molecule has 1 aliphatic carbocycles. The number of ether oxygens (including phenoxy) is 1. The minimum atomic E-state index is -1.02. The van der Waals surface area contributed by atoms with Crippen molar-refractivity contribution in [2.24, 2.45) is 0 Å². The molecule has 0 N–H and O–H groups in total. The molecule has 4 nitrogen and oxygen atoms in total. The van der Waals surface area contributed by atoms with Crippen molar-refractivity contribution >= 4 is 33.2 Å². The van der Waals surface area contributed by atoms with E-state index in [9.17, 15) is 0 Å². The van der Waals surface area contributed by atoms with Gasteiger partial charge in [-0.05, 0) is 39.7 Å². The number of hydrogen-bond donors (Lipinski definition) is 0. The molecule has 2 aromatic heterocycles. The number of fused-ring (bicyclic) bond motifs is 1. The molecule has 2 atom stereocenters. The van der Waals surface area contributed by atoms with Gasteiger partial charge in [0.1, 0.15) is 5.82 Å². The van der Waals surface area contributed by atoms with Gasteiger partial charge in [0.2, 0.25) is 0 Å². The third-order valence-electron chi connectivity index (χ3n) is 4.14. The molecule has 0 saturated heterocycles. The summed E-state index contributed by atoms with van der Waals surface area (Å²) in [4.78, 5) is 0. The van der Waals surface area contributed by atoms with Gasteiger partial charge in [-0.25, -0.2) is 0 Å². The number of halogens is 2.